The lowest BCUT2D eigenvalue weighted by Crippen LogP contribution is -2.58. The number of aliphatic hydroxyl groups excluding tert-OH is 1. The van der Waals surface area contributed by atoms with Crippen LogP contribution in [0, 0.1) is 18.6 Å². The minimum absolute atomic E-state index is 0.0186. The number of carbonyl (C=O) groups excluding carboxylic acids is 1. The van der Waals surface area contributed by atoms with E-state index in [-0.39, 0.29) is 47.2 Å². The summed E-state index contributed by atoms with van der Waals surface area (Å²) in [6, 6.07) is 1.71. The van der Waals surface area contributed by atoms with E-state index < -0.39 is 17.5 Å². The molecule has 1 amide bonds. The van der Waals surface area contributed by atoms with Crippen molar-refractivity contribution in [2.45, 2.75) is 51.7 Å². The number of hydrogen-bond acceptors (Lipinski definition) is 9. The van der Waals surface area contributed by atoms with Crippen LogP contribution < -0.4 is 16.0 Å². The van der Waals surface area contributed by atoms with Gasteiger partial charge in [0.25, 0.3) is 5.91 Å². The highest BCUT2D eigenvalue weighted by Crippen LogP contribution is 2.31. The number of rotatable bonds is 8. The summed E-state index contributed by atoms with van der Waals surface area (Å²) < 4.78 is 27.6. The van der Waals surface area contributed by atoms with E-state index in [9.17, 15) is 18.7 Å². The Bertz CT molecular complexity index is 1200. The topological polar surface area (TPSA) is 131 Å². The van der Waals surface area contributed by atoms with E-state index in [1.807, 2.05) is 0 Å². The molecule has 0 bridgehead atoms. The average Bonchev–Trinajstić information content (AvgIpc) is 2.94. The first-order chi connectivity index (χ1) is 18.6. The Kier molecular flexibility index (Phi) is 9.42. The summed E-state index contributed by atoms with van der Waals surface area (Å²) in [4.78, 5) is 27.6. The summed E-state index contributed by atoms with van der Waals surface area (Å²) in [5.74, 6) is -2.24. The van der Waals surface area contributed by atoms with Crippen LogP contribution in [0.3, 0.4) is 0 Å². The summed E-state index contributed by atoms with van der Waals surface area (Å²) in [6.07, 6.45) is 2.76. The van der Waals surface area contributed by atoms with E-state index >= 15 is 0 Å². The van der Waals surface area contributed by atoms with Gasteiger partial charge in [-0.1, -0.05) is 18.5 Å². The number of nitrogens with one attached hydrogen (secondary N) is 1. The summed E-state index contributed by atoms with van der Waals surface area (Å²) in [6.45, 7) is 7.48. The minimum Gasteiger partial charge on any atom is -0.507 e. The van der Waals surface area contributed by atoms with Crippen molar-refractivity contribution in [3.05, 3.63) is 39.7 Å². The zero-order valence-electron chi connectivity index (χ0n) is 22.3. The number of halogens is 3. The molecule has 0 unspecified atom stereocenters. The number of hydrogen-bond donors (Lipinski definition) is 4. The lowest BCUT2D eigenvalue weighted by atomic mass is 9.97. The molecule has 2 aliphatic rings. The summed E-state index contributed by atoms with van der Waals surface area (Å²) in [5.41, 5.74) is 6.30. The van der Waals surface area contributed by atoms with Crippen molar-refractivity contribution in [2.75, 3.05) is 56.5 Å². The van der Waals surface area contributed by atoms with Gasteiger partial charge in [0.1, 0.15) is 5.75 Å². The van der Waals surface area contributed by atoms with Crippen LogP contribution in [0.15, 0.2) is 6.07 Å². The number of aromatic nitrogens is 2. The number of carbonyl (C=O) groups is 1. The van der Waals surface area contributed by atoms with Gasteiger partial charge in [-0.15, -0.1) is 0 Å². The van der Waals surface area contributed by atoms with Crippen LogP contribution in [0.5, 0.6) is 5.75 Å². The lowest BCUT2D eigenvalue weighted by Gasteiger charge is -2.47. The maximum Gasteiger partial charge on any atom is 0.273 e. The molecular formula is C26H36ClF2N7O3. The number of aromatic hydroxyl groups is 1. The Hall–Kier alpha value is -2.80. The van der Waals surface area contributed by atoms with Crippen LogP contribution in [-0.2, 0) is 6.54 Å². The van der Waals surface area contributed by atoms with Crippen molar-refractivity contribution in [2.24, 2.45) is 0 Å². The third-order valence-corrected chi connectivity index (χ3v) is 7.95. The Morgan fingerprint density at radius 2 is 1.95 bits per heavy atom. The van der Waals surface area contributed by atoms with Gasteiger partial charge in [-0.2, -0.15) is 0 Å². The molecule has 2 fully saturated rings. The molecule has 10 nitrogen and oxygen atoms in total. The van der Waals surface area contributed by atoms with E-state index in [2.05, 4.69) is 36.9 Å². The molecule has 4 rings (SSSR count). The van der Waals surface area contributed by atoms with Gasteiger partial charge >= 0.3 is 0 Å². The highest BCUT2D eigenvalue weighted by Gasteiger charge is 2.34. The Morgan fingerprint density at radius 3 is 2.62 bits per heavy atom. The van der Waals surface area contributed by atoms with Crippen molar-refractivity contribution in [1.29, 1.82) is 0 Å². The van der Waals surface area contributed by atoms with E-state index in [1.165, 1.54) is 6.92 Å². The molecule has 1 aromatic carbocycles. The molecule has 0 saturated carbocycles. The number of likely N-dealkylation sites (tertiary alicyclic amines) is 1. The fraction of sp³-hybridized carbons (Fsp3) is 0.577. The predicted octanol–water partition coefficient (Wildman–Crippen LogP) is 2.29. The summed E-state index contributed by atoms with van der Waals surface area (Å²) in [7, 11) is 0. The number of anilines is 2. The number of aliphatic hydroxyl groups is 1. The van der Waals surface area contributed by atoms with E-state index in [4.69, 9.17) is 22.4 Å². The predicted molar refractivity (Wildman–Crippen MR) is 145 cm³/mol. The molecule has 2 aliphatic heterocycles. The molecular weight excluding hydrogens is 532 g/mol. The number of nitrogens with two attached hydrogens (primary N) is 1. The van der Waals surface area contributed by atoms with Crippen molar-refractivity contribution in [3.8, 4) is 5.75 Å². The molecule has 2 aromatic rings. The minimum atomic E-state index is -1.01. The molecule has 3 heterocycles. The lowest BCUT2D eigenvalue weighted by molar-refractivity contribution is 0.0608. The molecule has 1 aromatic heterocycles. The second kappa shape index (κ2) is 12.6. The molecule has 1 atom stereocenters. The largest absolute Gasteiger partial charge is 0.507 e. The SMILES string of the molecule is CC[C@H]1CN(c2nc(N)c(C(=O)NCCO)nc2Cl)CCN1C1CCN(Cc2cc(F)c(F)c(C)c2O)CC1. The van der Waals surface area contributed by atoms with Crippen LogP contribution in [0.4, 0.5) is 20.4 Å². The number of piperidine rings is 1. The van der Waals surface area contributed by atoms with Crippen molar-refractivity contribution in [1.82, 2.24) is 25.1 Å². The number of piperazine rings is 1. The van der Waals surface area contributed by atoms with Crippen molar-refractivity contribution >= 4 is 29.1 Å². The molecule has 0 spiro atoms. The molecule has 0 radical (unpaired) electrons. The molecule has 13 heteroatoms. The molecule has 2 saturated heterocycles. The highest BCUT2D eigenvalue weighted by molar-refractivity contribution is 6.32. The van der Waals surface area contributed by atoms with Crippen LogP contribution in [-0.4, -0.2) is 93.8 Å². The normalized spacial score (nSPS) is 19.4. The Balaban J connectivity index is 1.37. The second-order valence-electron chi connectivity index (χ2n) is 10.1. The first kappa shape index (κ1) is 29.2. The van der Waals surface area contributed by atoms with Crippen LogP contribution in [0.1, 0.15) is 47.8 Å². The number of nitrogen functional groups attached to an aromatic ring is 1. The standard InChI is InChI=1S/C26H36ClF2N7O3/c1-3-17-14-35(25-23(27)32-21(24(30)33-25)26(39)31-6-11-37)9-10-36(17)18-4-7-34(8-5-18)13-16-12-19(28)20(29)15(2)22(16)38/h12,17-18,37-38H,3-11,13-14H2,1-2H3,(H2,30,33)(H,31,39)/t17-/m0/s1. The van der Waals surface area contributed by atoms with Gasteiger partial charge in [-0.3, -0.25) is 14.6 Å². The van der Waals surface area contributed by atoms with Gasteiger partial charge in [0.2, 0.25) is 0 Å². The summed E-state index contributed by atoms with van der Waals surface area (Å²) >= 11 is 6.43. The van der Waals surface area contributed by atoms with Crippen molar-refractivity contribution < 1.29 is 23.8 Å². The Morgan fingerprint density at radius 1 is 1.23 bits per heavy atom. The van der Waals surface area contributed by atoms with Crippen LogP contribution >= 0.6 is 11.6 Å². The fourth-order valence-corrected chi connectivity index (χ4v) is 5.77. The third kappa shape index (κ3) is 6.34. The molecule has 39 heavy (non-hydrogen) atoms. The number of phenols is 1. The number of nitrogens with zero attached hydrogens (tertiary/aromatic N) is 5. The average molecular weight is 568 g/mol. The van der Waals surface area contributed by atoms with Crippen LogP contribution in [0.2, 0.25) is 5.15 Å². The van der Waals surface area contributed by atoms with Gasteiger partial charge < -0.3 is 26.2 Å². The summed E-state index contributed by atoms with van der Waals surface area (Å²) in [5, 5.41) is 21.8. The van der Waals surface area contributed by atoms with E-state index in [0.29, 0.717) is 37.1 Å². The molecule has 0 aliphatic carbocycles. The van der Waals surface area contributed by atoms with Gasteiger partial charge in [-0.25, -0.2) is 18.7 Å². The second-order valence-corrected chi connectivity index (χ2v) is 10.5. The first-order valence-electron chi connectivity index (χ1n) is 13.3. The van der Waals surface area contributed by atoms with Gasteiger partial charge in [0.15, 0.2) is 34.1 Å². The number of amides is 1. The number of phenolic OH excluding ortho intramolecular Hbond substituents is 1. The van der Waals surface area contributed by atoms with Crippen molar-refractivity contribution in [3.63, 3.8) is 0 Å². The maximum absolute atomic E-state index is 13.9. The smallest absolute Gasteiger partial charge is 0.273 e. The first-order valence-corrected chi connectivity index (χ1v) is 13.6. The highest BCUT2D eigenvalue weighted by atomic mass is 35.5. The van der Waals surface area contributed by atoms with Gasteiger partial charge in [0, 0.05) is 55.9 Å². The third-order valence-electron chi connectivity index (χ3n) is 7.69. The van der Waals surface area contributed by atoms with Crippen LogP contribution in [0.25, 0.3) is 0 Å². The monoisotopic (exact) mass is 567 g/mol. The maximum atomic E-state index is 13.9. The van der Waals surface area contributed by atoms with E-state index in [1.54, 1.807) is 0 Å². The number of benzene rings is 1. The molecule has 214 valence electrons. The quantitative estimate of drug-likeness (QED) is 0.379. The van der Waals surface area contributed by atoms with E-state index in [0.717, 1.165) is 45.0 Å². The Labute approximate surface area is 231 Å². The fourth-order valence-electron chi connectivity index (χ4n) is 5.53. The molecule has 5 N–H and O–H groups in total. The van der Waals surface area contributed by atoms with Gasteiger partial charge in [0.05, 0.1) is 6.61 Å². The van der Waals surface area contributed by atoms with Gasteiger partial charge in [-0.05, 0) is 45.3 Å². The zero-order valence-corrected chi connectivity index (χ0v) is 23.0. The zero-order chi connectivity index (χ0) is 28.3.